The summed E-state index contributed by atoms with van der Waals surface area (Å²) >= 11 is 0. The zero-order valence-corrected chi connectivity index (χ0v) is 19.8. The zero-order valence-electron chi connectivity index (χ0n) is 19.8. The number of nitrogens with one attached hydrogen (secondary N) is 2. The Hall–Kier alpha value is -3.77. The fourth-order valence-electron chi connectivity index (χ4n) is 5.97. The maximum absolute atomic E-state index is 13.5. The second-order valence-electron chi connectivity index (χ2n) is 10.0. The van der Waals surface area contributed by atoms with E-state index < -0.39 is 0 Å². The van der Waals surface area contributed by atoms with E-state index in [1.165, 1.54) is 23.6 Å². The van der Waals surface area contributed by atoms with Crippen molar-refractivity contribution in [1.82, 2.24) is 9.55 Å². The van der Waals surface area contributed by atoms with E-state index in [1.54, 1.807) is 4.90 Å². The molecule has 2 aromatic heterocycles. The van der Waals surface area contributed by atoms with Crippen LogP contribution in [0.4, 0.5) is 5.69 Å². The fraction of sp³-hybridized carbons (Fsp3) is 0.276. The van der Waals surface area contributed by atoms with Crippen molar-refractivity contribution < 1.29 is 9.69 Å². The lowest BCUT2D eigenvalue weighted by Crippen LogP contribution is -3.13. The number of fused-ring (bicyclic) bond motifs is 5. The number of benzene rings is 2. The Morgan fingerprint density at radius 2 is 1.91 bits per heavy atom. The number of quaternary nitrogens is 1. The molecule has 1 amide bonds. The number of aromatic nitrogens is 2. The lowest BCUT2D eigenvalue weighted by molar-refractivity contribution is -0.924. The maximum Gasteiger partial charge on any atom is 0.258 e. The molecule has 4 aromatic rings. The second kappa shape index (κ2) is 8.78. The molecule has 1 unspecified atom stereocenters. The summed E-state index contributed by atoms with van der Waals surface area (Å²) in [5.74, 6) is 0.792. The van der Waals surface area contributed by atoms with E-state index in [-0.39, 0.29) is 11.5 Å². The SMILES string of the molecule is CC(=O)Nc1ccc(-c2ccc3n(c2=O)C[C@H]2C[C@@H]3C[NH+](Cc3cnc4ccccc4c3)C2)cc1. The first-order valence-corrected chi connectivity index (χ1v) is 12.3. The third kappa shape index (κ3) is 4.26. The zero-order chi connectivity index (χ0) is 23.9. The minimum atomic E-state index is -0.105. The number of para-hydroxylation sites is 1. The largest absolute Gasteiger partial charge is 0.330 e. The molecule has 35 heavy (non-hydrogen) atoms. The molecule has 4 heterocycles. The van der Waals surface area contributed by atoms with Crippen molar-refractivity contribution in [3.8, 4) is 11.1 Å². The third-order valence-corrected chi connectivity index (χ3v) is 7.41. The highest BCUT2D eigenvalue weighted by molar-refractivity contribution is 5.89. The summed E-state index contributed by atoms with van der Waals surface area (Å²) in [7, 11) is 0. The smallest absolute Gasteiger partial charge is 0.258 e. The molecule has 1 fully saturated rings. The third-order valence-electron chi connectivity index (χ3n) is 7.41. The van der Waals surface area contributed by atoms with Crippen LogP contribution in [-0.4, -0.2) is 28.5 Å². The van der Waals surface area contributed by atoms with E-state index in [0.717, 1.165) is 54.9 Å². The van der Waals surface area contributed by atoms with Crippen LogP contribution in [0.5, 0.6) is 0 Å². The number of piperidine rings is 1. The van der Waals surface area contributed by atoms with Gasteiger partial charge in [-0.3, -0.25) is 14.6 Å². The van der Waals surface area contributed by atoms with Gasteiger partial charge in [0.2, 0.25) is 5.91 Å². The molecule has 2 bridgehead atoms. The molecular weight excluding hydrogens is 436 g/mol. The number of rotatable bonds is 4. The van der Waals surface area contributed by atoms with Gasteiger partial charge in [0.15, 0.2) is 0 Å². The van der Waals surface area contributed by atoms with Crippen LogP contribution in [0.15, 0.2) is 77.7 Å². The highest BCUT2D eigenvalue weighted by atomic mass is 16.1. The maximum atomic E-state index is 13.5. The van der Waals surface area contributed by atoms with Gasteiger partial charge in [-0.25, -0.2) is 0 Å². The fourth-order valence-corrected chi connectivity index (χ4v) is 5.97. The average molecular weight is 466 g/mol. The lowest BCUT2D eigenvalue weighted by atomic mass is 9.82. The van der Waals surface area contributed by atoms with Gasteiger partial charge in [-0.15, -0.1) is 0 Å². The molecule has 1 saturated heterocycles. The molecular formula is C29H29N4O2+. The van der Waals surface area contributed by atoms with Gasteiger partial charge in [-0.05, 0) is 48.4 Å². The van der Waals surface area contributed by atoms with Crippen LogP contribution in [0.2, 0.25) is 0 Å². The van der Waals surface area contributed by atoms with Gasteiger partial charge in [0.05, 0.1) is 18.6 Å². The molecule has 2 aromatic carbocycles. The molecule has 0 spiro atoms. The Labute approximate surface area is 204 Å². The van der Waals surface area contributed by atoms with Crippen molar-refractivity contribution in [2.75, 3.05) is 18.4 Å². The molecule has 6 rings (SSSR count). The Balaban J connectivity index is 1.23. The lowest BCUT2D eigenvalue weighted by Gasteiger charge is -2.40. The number of likely N-dealkylation sites (tertiary alicyclic amines) is 1. The average Bonchev–Trinajstić information content (AvgIpc) is 2.85. The second-order valence-corrected chi connectivity index (χ2v) is 10.0. The van der Waals surface area contributed by atoms with Gasteiger partial charge in [0.25, 0.3) is 5.56 Å². The standard InChI is InChI=1S/C29H28N4O2/c1-19(34)31-25-8-6-22(7-9-25)26-10-11-28-24-13-21(17-33(28)29(26)35)16-32(18-24)15-20-12-23-4-2-3-5-27(23)30-14-20/h2-12,14,21,24H,13,15-18H2,1H3,(H,31,34)/p+1/t21-,24+/m0/s1. The summed E-state index contributed by atoms with van der Waals surface area (Å²) < 4.78 is 2.02. The van der Waals surface area contributed by atoms with Gasteiger partial charge in [-0.2, -0.15) is 0 Å². The van der Waals surface area contributed by atoms with E-state index in [0.29, 0.717) is 11.8 Å². The molecule has 0 aliphatic carbocycles. The number of carbonyl (C=O) groups is 1. The molecule has 6 nitrogen and oxygen atoms in total. The van der Waals surface area contributed by atoms with Crippen LogP contribution >= 0.6 is 0 Å². The van der Waals surface area contributed by atoms with Crippen LogP contribution < -0.4 is 15.8 Å². The normalized spacial score (nSPS) is 20.9. The van der Waals surface area contributed by atoms with Crippen molar-refractivity contribution in [1.29, 1.82) is 0 Å². The van der Waals surface area contributed by atoms with E-state index in [1.807, 2.05) is 47.2 Å². The highest BCUT2D eigenvalue weighted by Gasteiger charge is 2.37. The molecule has 3 atom stereocenters. The highest BCUT2D eigenvalue weighted by Crippen LogP contribution is 2.32. The minimum absolute atomic E-state index is 0.0895. The number of hydrogen-bond donors (Lipinski definition) is 2. The van der Waals surface area contributed by atoms with Crippen molar-refractivity contribution in [2.45, 2.75) is 32.4 Å². The van der Waals surface area contributed by atoms with Crippen LogP contribution in [0.3, 0.4) is 0 Å². The Morgan fingerprint density at radius 3 is 2.74 bits per heavy atom. The van der Waals surface area contributed by atoms with Gasteiger partial charge in [-0.1, -0.05) is 30.3 Å². The van der Waals surface area contributed by atoms with Crippen LogP contribution in [0, 0.1) is 5.92 Å². The summed E-state index contributed by atoms with van der Waals surface area (Å²) in [6, 6.07) is 22.2. The molecule has 0 radical (unpaired) electrons. The monoisotopic (exact) mass is 465 g/mol. The van der Waals surface area contributed by atoms with Gasteiger partial charge < -0.3 is 14.8 Å². The van der Waals surface area contributed by atoms with Gasteiger partial charge in [0.1, 0.15) is 6.54 Å². The van der Waals surface area contributed by atoms with E-state index in [2.05, 4.69) is 40.6 Å². The summed E-state index contributed by atoms with van der Waals surface area (Å²) in [5, 5.41) is 3.97. The van der Waals surface area contributed by atoms with E-state index in [4.69, 9.17) is 0 Å². The predicted molar refractivity (Wildman–Crippen MR) is 137 cm³/mol. The number of nitrogens with zero attached hydrogens (tertiary/aromatic N) is 2. The van der Waals surface area contributed by atoms with Crippen molar-refractivity contribution in [2.24, 2.45) is 5.92 Å². The van der Waals surface area contributed by atoms with Gasteiger partial charge >= 0.3 is 0 Å². The van der Waals surface area contributed by atoms with Crippen LogP contribution in [0.1, 0.15) is 30.5 Å². The summed E-state index contributed by atoms with van der Waals surface area (Å²) in [6.07, 6.45) is 3.17. The number of amides is 1. The first-order chi connectivity index (χ1) is 17.0. The number of hydrogen-bond acceptors (Lipinski definition) is 3. The van der Waals surface area contributed by atoms with Crippen molar-refractivity contribution >= 4 is 22.5 Å². The quantitative estimate of drug-likeness (QED) is 0.486. The predicted octanol–water partition coefficient (Wildman–Crippen LogP) is 3.22. The molecule has 176 valence electrons. The summed E-state index contributed by atoms with van der Waals surface area (Å²) in [6.45, 7) is 5.34. The van der Waals surface area contributed by atoms with Gasteiger partial charge in [0, 0.05) is 59.4 Å². The minimum Gasteiger partial charge on any atom is -0.330 e. The number of anilines is 1. The van der Waals surface area contributed by atoms with E-state index in [9.17, 15) is 9.59 Å². The summed E-state index contributed by atoms with van der Waals surface area (Å²) in [5.41, 5.74) is 5.90. The number of carbonyl (C=O) groups excluding carboxylic acids is 1. The Kier molecular flexibility index (Phi) is 5.46. The van der Waals surface area contributed by atoms with Crippen molar-refractivity contribution in [3.63, 3.8) is 0 Å². The Bertz CT molecular complexity index is 1470. The summed E-state index contributed by atoms with van der Waals surface area (Å²) in [4.78, 5) is 31.0. The van der Waals surface area contributed by atoms with E-state index >= 15 is 0 Å². The first kappa shape index (κ1) is 21.7. The molecule has 2 aliphatic heterocycles. The molecule has 6 heteroatoms. The molecule has 0 saturated carbocycles. The number of pyridine rings is 2. The molecule has 2 N–H and O–H groups in total. The topological polar surface area (TPSA) is 68.4 Å². The molecule has 2 aliphatic rings. The first-order valence-electron chi connectivity index (χ1n) is 12.3. The van der Waals surface area contributed by atoms with Crippen LogP contribution in [-0.2, 0) is 17.9 Å². The Morgan fingerprint density at radius 1 is 1.09 bits per heavy atom. The van der Waals surface area contributed by atoms with Crippen LogP contribution in [0.25, 0.3) is 22.0 Å². The van der Waals surface area contributed by atoms with Crippen molar-refractivity contribution in [3.05, 3.63) is 94.5 Å².